The van der Waals surface area contributed by atoms with E-state index in [4.69, 9.17) is 0 Å². The Balaban J connectivity index is 3.29. The average Bonchev–Trinajstić information content (AvgIpc) is 1.84. The summed E-state index contributed by atoms with van der Waals surface area (Å²) >= 11 is 0. The van der Waals surface area contributed by atoms with Gasteiger partial charge in [-0.2, -0.15) is 25.2 Å². The van der Waals surface area contributed by atoms with Crippen LogP contribution in [-0.4, -0.2) is 40.8 Å². The van der Waals surface area contributed by atoms with Crippen LogP contribution >= 0.6 is 0 Å². The van der Waals surface area contributed by atoms with Crippen LogP contribution in [0.1, 0.15) is 0 Å². The second-order valence-electron chi connectivity index (χ2n) is 2.99. The highest BCUT2D eigenvalue weighted by atomic mass is 32.3. The molecular formula is C4H2F6O8S2. The molecule has 0 saturated carbocycles. The van der Waals surface area contributed by atoms with Crippen molar-refractivity contribution < 1.29 is 61.0 Å². The van der Waals surface area contributed by atoms with Gasteiger partial charge in [0.05, 0.1) is 0 Å². The summed E-state index contributed by atoms with van der Waals surface area (Å²) in [4.78, 5) is 0. The number of hydrogen-bond acceptors (Lipinski definition) is 8. The van der Waals surface area contributed by atoms with Crippen LogP contribution < -0.4 is 0 Å². The van der Waals surface area contributed by atoms with E-state index in [1.54, 1.807) is 0 Å². The van der Waals surface area contributed by atoms with Crippen molar-refractivity contribution in [3.05, 3.63) is 0 Å². The summed E-state index contributed by atoms with van der Waals surface area (Å²) in [7, 11) is -11.6. The lowest BCUT2D eigenvalue weighted by Crippen LogP contribution is -2.46. The maximum absolute atomic E-state index is 12.6. The van der Waals surface area contributed by atoms with Crippen molar-refractivity contribution in [1.82, 2.24) is 0 Å². The lowest BCUT2D eigenvalue weighted by atomic mass is 11.1. The summed E-state index contributed by atoms with van der Waals surface area (Å²) in [6, 6.07) is 0. The van der Waals surface area contributed by atoms with E-state index in [0.717, 1.165) is 0 Å². The first kappa shape index (κ1) is 17.4. The lowest BCUT2D eigenvalue weighted by Gasteiger charge is -2.26. The Hall–Kier alpha value is -0.680. The van der Waals surface area contributed by atoms with Gasteiger partial charge in [0, 0.05) is 0 Å². The van der Waals surface area contributed by atoms with Crippen molar-refractivity contribution in [2.75, 3.05) is 5.08 Å². The maximum Gasteiger partial charge on any atom is 0.506 e. The molecule has 0 bridgehead atoms. The molecule has 0 radical (unpaired) electrons. The Morgan fingerprint density at radius 2 is 0.950 bits per heavy atom. The zero-order chi connectivity index (χ0) is 16.0. The lowest BCUT2D eigenvalue weighted by molar-refractivity contribution is -0.562. The van der Waals surface area contributed by atoms with Crippen LogP contribution in [0.3, 0.4) is 0 Å². The Morgan fingerprint density at radius 1 is 0.650 bits per heavy atom. The van der Waals surface area contributed by atoms with Gasteiger partial charge in [0.1, 0.15) is 0 Å². The monoisotopic (exact) mass is 356 g/mol. The molecule has 16 heteroatoms. The van der Waals surface area contributed by atoms with E-state index in [0.29, 0.717) is 0 Å². The molecule has 1 aliphatic heterocycles. The van der Waals surface area contributed by atoms with E-state index in [2.05, 4.69) is 17.8 Å². The second kappa shape index (κ2) is 4.67. The molecule has 1 rings (SSSR count). The van der Waals surface area contributed by atoms with Crippen LogP contribution in [0.25, 0.3) is 0 Å². The zero-order valence-corrected chi connectivity index (χ0v) is 10.2. The fraction of sp³-hybridized carbons (Fsp3) is 1.00. The normalized spacial score (nSPS) is 31.3. The number of alkyl halides is 6. The third-order valence-corrected chi connectivity index (χ3v) is 4.42. The second-order valence-corrected chi connectivity index (χ2v) is 6.50. The minimum atomic E-state index is -5.84. The highest BCUT2D eigenvalue weighted by Crippen LogP contribution is 2.37. The molecule has 0 aromatic heterocycles. The van der Waals surface area contributed by atoms with E-state index < -0.39 is 44.2 Å². The van der Waals surface area contributed by atoms with Gasteiger partial charge in [0.2, 0.25) is 5.08 Å². The summed E-state index contributed by atoms with van der Waals surface area (Å²) < 4.78 is 128. The van der Waals surface area contributed by atoms with Gasteiger partial charge < -0.3 is 0 Å². The van der Waals surface area contributed by atoms with Gasteiger partial charge in [-0.15, -0.1) is 26.3 Å². The topological polar surface area (TPSA) is 105 Å². The molecule has 0 unspecified atom stereocenters. The Bertz CT molecular complexity index is 530. The predicted molar refractivity (Wildman–Crippen MR) is 41.9 cm³/mol. The average molecular weight is 356 g/mol. The van der Waals surface area contributed by atoms with Gasteiger partial charge in [-0.25, -0.2) is 9.47 Å². The van der Waals surface area contributed by atoms with Crippen molar-refractivity contribution in [2.45, 2.75) is 18.9 Å². The molecule has 0 aliphatic carbocycles. The van der Waals surface area contributed by atoms with E-state index in [-0.39, 0.29) is 0 Å². The first-order chi connectivity index (χ1) is 8.54. The van der Waals surface area contributed by atoms with Crippen LogP contribution in [0.5, 0.6) is 0 Å². The fourth-order valence-corrected chi connectivity index (χ4v) is 3.31. The van der Waals surface area contributed by atoms with Crippen molar-refractivity contribution in [1.29, 1.82) is 0 Å². The zero-order valence-electron chi connectivity index (χ0n) is 8.56. The number of rotatable bonds is 0. The third kappa shape index (κ3) is 5.37. The van der Waals surface area contributed by atoms with Gasteiger partial charge in [0.25, 0.3) is 20.2 Å². The van der Waals surface area contributed by atoms with Crippen LogP contribution in [0.4, 0.5) is 26.3 Å². The molecule has 1 heterocycles. The molecule has 1 fully saturated rings. The van der Waals surface area contributed by atoms with E-state index in [1.165, 1.54) is 0 Å². The summed E-state index contributed by atoms with van der Waals surface area (Å²) in [5.74, 6) is 0. The summed E-state index contributed by atoms with van der Waals surface area (Å²) in [5, 5.41) is -2.52. The van der Waals surface area contributed by atoms with Crippen LogP contribution in [0, 0.1) is 0 Å². The van der Waals surface area contributed by atoms with Crippen LogP contribution in [0.2, 0.25) is 0 Å². The first-order valence-corrected chi connectivity index (χ1v) is 7.09. The van der Waals surface area contributed by atoms with Gasteiger partial charge >= 0.3 is 18.9 Å². The predicted octanol–water partition coefficient (Wildman–Crippen LogP) is 0.334. The molecule has 1 saturated heterocycles. The molecule has 0 N–H and O–H groups in total. The number of halogens is 6. The summed E-state index contributed by atoms with van der Waals surface area (Å²) in [6.45, 7) is 0. The van der Waals surface area contributed by atoms with E-state index >= 15 is 0 Å². The molecule has 0 aromatic carbocycles. The Morgan fingerprint density at radius 3 is 1.25 bits per heavy atom. The molecule has 0 aromatic rings. The number of hydrogen-bond donors (Lipinski definition) is 0. The molecule has 1 aliphatic rings. The Kier molecular flexibility index (Phi) is 4.05. The van der Waals surface area contributed by atoms with Crippen molar-refractivity contribution in [2.24, 2.45) is 0 Å². The quantitative estimate of drug-likeness (QED) is 0.452. The van der Waals surface area contributed by atoms with Crippen molar-refractivity contribution >= 4 is 20.2 Å². The van der Waals surface area contributed by atoms with Crippen molar-refractivity contribution in [3.8, 4) is 0 Å². The molecular weight excluding hydrogens is 354 g/mol. The molecule has 0 amide bonds. The molecule has 0 atom stereocenters. The van der Waals surface area contributed by atoms with Crippen LogP contribution in [-0.2, 0) is 38.1 Å². The first-order valence-electron chi connectivity index (χ1n) is 3.94. The van der Waals surface area contributed by atoms with E-state index in [9.17, 15) is 43.2 Å². The SMILES string of the molecule is O=S1(=O)CS(=O)(=O)OC(F)(F)OC(F)(F)OC(F)(F)O1. The van der Waals surface area contributed by atoms with E-state index in [1.807, 2.05) is 0 Å². The smallest absolute Gasteiger partial charge is 0.203 e. The van der Waals surface area contributed by atoms with Gasteiger partial charge in [0.15, 0.2) is 0 Å². The minimum absolute atomic E-state index is 2.30. The summed E-state index contributed by atoms with van der Waals surface area (Å²) in [6.07, 6.45) is -17.2. The molecule has 0 spiro atoms. The standard InChI is InChI=1S/C4H2F6O8S2/c5-2(6)15-3(7,8)17-19(11,12)1-20(13,14)18-4(9,10)16-2/h1H2. The molecule has 8 nitrogen and oxygen atoms in total. The number of ether oxygens (including phenoxy) is 2. The highest BCUT2D eigenvalue weighted by molar-refractivity contribution is 8.03. The maximum atomic E-state index is 12.6. The van der Waals surface area contributed by atoms with Crippen molar-refractivity contribution in [3.63, 3.8) is 0 Å². The van der Waals surface area contributed by atoms with Gasteiger partial charge in [-0.05, 0) is 0 Å². The minimum Gasteiger partial charge on any atom is -0.203 e. The van der Waals surface area contributed by atoms with Gasteiger partial charge in [-0.3, -0.25) is 0 Å². The molecule has 20 heavy (non-hydrogen) atoms. The van der Waals surface area contributed by atoms with Crippen LogP contribution in [0.15, 0.2) is 0 Å². The van der Waals surface area contributed by atoms with Gasteiger partial charge in [-0.1, -0.05) is 0 Å². The summed E-state index contributed by atoms with van der Waals surface area (Å²) in [5.41, 5.74) is 0. The third-order valence-electron chi connectivity index (χ3n) is 1.21. The highest BCUT2D eigenvalue weighted by Gasteiger charge is 2.58. The molecule has 120 valence electrons. The Labute approximate surface area is 106 Å². The largest absolute Gasteiger partial charge is 0.506 e. The fourth-order valence-electron chi connectivity index (χ4n) is 0.852.